The van der Waals surface area contributed by atoms with Gasteiger partial charge in [-0.2, -0.15) is 0 Å². The topological polar surface area (TPSA) is 49.4 Å². The fourth-order valence-electron chi connectivity index (χ4n) is 3.98. The lowest BCUT2D eigenvalue weighted by Gasteiger charge is -2.54. The monoisotopic (exact) mass is 294 g/mol. The summed E-state index contributed by atoms with van der Waals surface area (Å²) >= 11 is 0. The van der Waals surface area contributed by atoms with E-state index >= 15 is 0 Å². The Morgan fingerprint density at radius 1 is 1.14 bits per heavy atom. The molecule has 4 nitrogen and oxygen atoms in total. The van der Waals surface area contributed by atoms with Gasteiger partial charge in [-0.15, -0.1) is 0 Å². The quantitative estimate of drug-likeness (QED) is 0.819. The van der Waals surface area contributed by atoms with Gasteiger partial charge in [0.05, 0.1) is 0 Å². The number of hydrogen-bond donors (Lipinski definition) is 1. The van der Waals surface area contributed by atoms with Crippen LogP contribution in [0.25, 0.3) is 0 Å². The second kappa shape index (κ2) is 5.62. The van der Waals surface area contributed by atoms with E-state index in [1.165, 1.54) is 0 Å². The lowest BCUT2D eigenvalue weighted by molar-refractivity contribution is -0.168. The Balaban J connectivity index is 2.48. The van der Waals surface area contributed by atoms with Crippen LogP contribution in [-0.2, 0) is 9.59 Å². The van der Waals surface area contributed by atoms with Gasteiger partial charge in [0.15, 0.2) is 0 Å². The van der Waals surface area contributed by atoms with E-state index in [1.54, 1.807) is 0 Å². The van der Waals surface area contributed by atoms with Crippen LogP contribution in [0.15, 0.2) is 0 Å². The fraction of sp³-hybridized carbons (Fsp3) is 0.882. The molecule has 1 unspecified atom stereocenters. The van der Waals surface area contributed by atoms with Crippen LogP contribution in [0.5, 0.6) is 0 Å². The minimum atomic E-state index is -0.687. The van der Waals surface area contributed by atoms with Crippen molar-refractivity contribution in [1.29, 1.82) is 0 Å². The lowest BCUT2D eigenvalue weighted by atomic mass is 9.78. The molecule has 0 aromatic heterocycles. The van der Waals surface area contributed by atoms with Crippen molar-refractivity contribution < 1.29 is 9.59 Å². The van der Waals surface area contributed by atoms with Crippen molar-refractivity contribution in [1.82, 2.24) is 10.2 Å². The molecule has 1 N–H and O–H groups in total. The summed E-state index contributed by atoms with van der Waals surface area (Å²) in [5.74, 6) is 0.507. The van der Waals surface area contributed by atoms with Gasteiger partial charge >= 0.3 is 0 Å². The first kappa shape index (κ1) is 16.3. The molecule has 1 saturated carbocycles. The normalized spacial score (nSPS) is 29.0. The van der Waals surface area contributed by atoms with E-state index in [2.05, 4.69) is 19.2 Å². The summed E-state index contributed by atoms with van der Waals surface area (Å²) in [4.78, 5) is 28.2. The highest BCUT2D eigenvalue weighted by Crippen LogP contribution is 2.45. The third-order valence-electron chi connectivity index (χ3n) is 5.79. The zero-order valence-corrected chi connectivity index (χ0v) is 14.2. The van der Waals surface area contributed by atoms with E-state index < -0.39 is 11.1 Å². The Bertz CT molecular complexity index is 423. The number of rotatable bonds is 6. The zero-order valence-electron chi connectivity index (χ0n) is 14.2. The summed E-state index contributed by atoms with van der Waals surface area (Å²) in [6.45, 7) is 10.2. The smallest absolute Gasteiger partial charge is 0.249 e. The Morgan fingerprint density at radius 3 is 2.05 bits per heavy atom. The standard InChI is InChI=1S/C17H30N2O2/c1-6-13(7-2)19-15(21)16(5,12-10-11-12)18-14(20)17(19,8-3)9-4/h12-13H,6-11H2,1-5H3,(H,18,20). The van der Waals surface area contributed by atoms with Crippen LogP contribution >= 0.6 is 0 Å². The van der Waals surface area contributed by atoms with Crippen molar-refractivity contribution in [3.8, 4) is 0 Å². The highest BCUT2D eigenvalue weighted by atomic mass is 16.2. The van der Waals surface area contributed by atoms with Gasteiger partial charge in [-0.25, -0.2) is 0 Å². The van der Waals surface area contributed by atoms with Crippen LogP contribution in [-0.4, -0.2) is 33.8 Å². The number of piperazine rings is 1. The highest BCUT2D eigenvalue weighted by molar-refractivity contribution is 6.02. The first-order chi connectivity index (χ1) is 9.91. The minimum absolute atomic E-state index is 0.0494. The first-order valence-corrected chi connectivity index (χ1v) is 8.57. The van der Waals surface area contributed by atoms with E-state index in [1.807, 2.05) is 25.7 Å². The van der Waals surface area contributed by atoms with Crippen LogP contribution < -0.4 is 5.32 Å². The molecule has 0 bridgehead atoms. The maximum Gasteiger partial charge on any atom is 0.249 e. The number of nitrogens with zero attached hydrogens (tertiary/aromatic N) is 1. The first-order valence-electron chi connectivity index (χ1n) is 8.57. The second-order valence-corrected chi connectivity index (χ2v) is 6.81. The van der Waals surface area contributed by atoms with E-state index in [-0.39, 0.29) is 17.9 Å². The number of hydrogen-bond acceptors (Lipinski definition) is 2. The van der Waals surface area contributed by atoms with Crippen LogP contribution in [0, 0.1) is 5.92 Å². The summed E-state index contributed by atoms with van der Waals surface area (Å²) in [5.41, 5.74) is -1.35. The fourth-order valence-corrected chi connectivity index (χ4v) is 3.98. The van der Waals surface area contributed by atoms with Gasteiger partial charge in [-0.05, 0) is 51.4 Å². The molecule has 2 rings (SSSR count). The van der Waals surface area contributed by atoms with Crippen molar-refractivity contribution >= 4 is 11.8 Å². The van der Waals surface area contributed by atoms with Crippen molar-refractivity contribution in [2.75, 3.05) is 0 Å². The maximum absolute atomic E-state index is 13.3. The van der Waals surface area contributed by atoms with Gasteiger partial charge in [0.1, 0.15) is 11.1 Å². The summed E-state index contributed by atoms with van der Waals surface area (Å²) in [6, 6.07) is 0.154. The molecule has 21 heavy (non-hydrogen) atoms. The minimum Gasteiger partial charge on any atom is -0.340 e. The third kappa shape index (κ3) is 2.27. The largest absolute Gasteiger partial charge is 0.340 e. The summed E-state index contributed by atoms with van der Waals surface area (Å²) < 4.78 is 0. The molecule has 1 saturated heterocycles. The van der Waals surface area contributed by atoms with Gasteiger partial charge in [0.2, 0.25) is 11.8 Å². The Kier molecular flexibility index (Phi) is 4.36. The predicted octanol–water partition coefficient (Wildman–Crippen LogP) is 2.86. The molecular weight excluding hydrogens is 264 g/mol. The van der Waals surface area contributed by atoms with Crippen molar-refractivity contribution in [2.24, 2.45) is 5.92 Å². The summed E-state index contributed by atoms with van der Waals surface area (Å²) in [6.07, 6.45) is 5.25. The van der Waals surface area contributed by atoms with E-state index in [4.69, 9.17) is 0 Å². The molecule has 1 heterocycles. The predicted molar refractivity (Wildman–Crippen MR) is 83.8 cm³/mol. The van der Waals surface area contributed by atoms with E-state index in [0.717, 1.165) is 25.7 Å². The molecule has 0 spiro atoms. The lowest BCUT2D eigenvalue weighted by Crippen LogP contribution is -2.77. The van der Waals surface area contributed by atoms with Gasteiger partial charge in [-0.1, -0.05) is 27.7 Å². The number of carbonyl (C=O) groups excluding carboxylic acids is 2. The van der Waals surface area contributed by atoms with Crippen LogP contribution in [0.2, 0.25) is 0 Å². The molecular formula is C17H30N2O2. The number of nitrogens with one attached hydrogen (secondary N) is 1. The van der Waals surface area contributed by atoms with Crippen LogP contribution in [0.3, 0.4) is 0 Å². The van der Waals surface area contributed by atoms with E-state index in [0.29, 0.717) is 18.8 Å². The average molecular weight is 294 g/mol. The van der Waals surface area contributed by atoms with E-state index in [9.17, 15) is 9.59 Å². The molecule has 1 aliphatic heterocycles. The van der Waals surface area contributed by atoms with Gasteiger partial charge in [0, 0.05) is 6.04 Å². The number of amides is 2. The summed E-state index contributed by atoms with van der Waals surface area (Å²) in [7, 11) is 0. The Labute approximate surface area is 128 Å². The Morgan fingerprint density at radius 2 is 1.67 bits per heavy atom. The SMILES string of the molecule is CCC(CC)N1C(=O)C(C)(C2CC2)NC(=O)C1(CC)CC. The van der Waals surface area contributed by atoms with Crippen molar-refractivity contribution in [2.45, 2.75) is 90.3 Å². The third-order valence-corrected chi connectivity index (χ3v) is 5.79. The number of carbonyl (C=O) groups is 2. The van der Waals surface area contributed by atoms with Gasteiger partial charge < -0.3 is 10.2 Å². The molecule has 120 valence electrons. The molecule has 0 radical (unpaired) electrons. The van der Waals surface area contributed by atoms with Gasteiger partial charge in [0.25, 0.3) is 0 Å². The van der Waals surface area contributed by atoms with Crippen molar-refractivity contribution in [3.63, 3.8) is 0 Å². The van der Waals surface area contributed by atoms with Gasteiger partial charge in [-0.3, -0.25) is 9.59 Å². The van der Waals surface area contributed by atoms with Crippen LogP contribution in [0.1, 0.15) is 73.1 Å². The molecule has 1 atom stereocenters. The summed E-state index contributed by atoms with van der Waals surface area (Å²) in [5, 5.41) is 3.10. The maximum atomic E-state index is 13.3. The zero-order chi connectivity index (χ0) is 15.8. The second-order valence-electron chi connectivity index (χ2n) is 6.81. The molecule has 0 aromatic rings. The molecule has 2 fully saturated rings. The van der Waals surface area contributed by atoms with Crippen LogP contribution in [0.4, 0.5) is 0 Å². The molecule has 1 aliphatic carbocycles. The molecule has 4 heteroatoms. The molecule has 2 aliphatic rings. The highest BCUT2D eigenvalue weighted by Gasteiger charge is 2.60. The molecule has 2 amide bonds. The Hall–Kier alpha value is -1.06. The van der Waals surface area contributed by atoms with Crippen molar-refractivity contribution in [3.05, 3.63) is 0 Å². The average Bonchev–Trinajstić information content (AvgIpc) is 3.31. The molecule has 0 aromatic carbocycles.